The highest BCUT2D eigenvalue weighted by Crippen LogP contribution is 2.27. The predicted octanol–water partition coefficient (Wildman–Crippen LogP) is 2.70. The molecule has 6 heteroatoms. The van der Waals surface area contributed by atoms with E-state index < -0.39 is 4.92 Å². The van der Waals surface area contributed by atoms with E-state index in [0.717, 1.165) is 36.9 Å². The summed E-state index contributed by atoms with van der Waals surface area (Å²) in [5, 5.41) is 24.1. The number of hydrogen-bond acceptors (Lipinski definition) is 5. The van der Waals surface area contributed by atoms with Gasteiger partial charge in [-0.05, 0) is 18.9 Å². The summed E-state index contributed by atoms with van der Waals surface area (Å²) in [5.74, 6) is 0.240. The van der Waals surface area contributed by atoms with Gasteiger partial charge in [-0.15, -0.1) is 0 Å². The van der Waals surface area contributed by atoms with Gasteiger partial charge in [-0.1, -0.05) is 12.8 Å². The number of aliphatic hydroxyl groups excluding tert-OH is 1. The number of benzene rings is 1. The molecule has 0 spiro atoms. The van der Waals surface area contributed by atoms with E-state index in [9.17, 15) is 15.2 Å². The van der Waals surface area contributed by atoms with Gasteiger partial charge in [0.2, 0.25) is 0 Å². The molecule has 1 aromatic rings. The van der Waals surface area contributed by atoms with Crippen molar-refractivity contribution in [1.29, 1.82) is 0 Å². The molecule has 116 valence electrons. The molecule has 0 aliphatic heterocycles. The summed E-state index contributed by atoms with van der Waals surface area (Å²) in [6.07, 6.45) is 3.85. The van der Waals surface area contributed by atoms with Gasteiger partial charge in [-0.25, -0.2) is 0 Å². The molecule has 0 bridgehead atoms. The summed E-state index contributed by atoms with van der Waals surface area (Å²) < 4.78 is 5.10. The van der Waals surface area contributed by atoms with Crippen molar-refractivity contribution in [1.82, 2.24) is 0 Å². The number of nitro benzene ring substituents is 1. The predicted molar refractivity (Wildman–Crippen MR) is 80.3 cm³/mol. The molecule has 0 radical (unpaired) electrons. The molecule has 2 atom stereocenters. The first-order valence-electron chi connectivity index (χ1n) is 7.30. The third-order valence-electron chi connectivity index (χ3n) is 4.02. The Balaban J connectivity index is 2.05. The lowest BCUT2D eigenvalue weighted by Crippen LogP contribution is -2.30. The number of rotatable bonds is 6. The number of nitrogens with one attached hydrogen (secondary N) is 1. The van der Waals surface area contributed by atoms with E-state index in [1.807, 2.05) is 0 Å². The topological polar surface area (TPSA) is 84.6 Å². The van der Waals surface area contributed by atoms with Crippen LogP contribution in [0.4, 0.5) is 11.4 Å². The molecule has 0 aromatic heterocycles. The summed E-state index contributed by atoms with van der Waals surface area (Å²) in [4.78, 5) is 10.4. The molecule has 0 amide bonds. The maximum atomic E-state index is 10.8. The zero-order valence-corrected chi connectivity index (χ0v) is 12.2. The van der Waals surface area contributed by atoms with Gasteiger partial charge in [0, 0.05) is 43.0 Å². The van der Waals surface area contributed by atoms with E-state index in [1.54, 1.807) is 13.2 Å². The molecule has 1 fully saturated rings. The number of non-ortho nitro benzene ring substituents is 1. The zero-order chi connectivity index (χ0) is 15.2. The van der Waals surface area contributed by atoms with E-state index in [1.165, 1.54) is 12.1 Å². The van der Waals surface area contributed by atoms with Gasteiger partial charge in [0.25, 0.3) is 5.69 Å². The fourth-order valence-electron chi connectivity index (χ4n) is 2.81. The van der Waals surface area contributed by atoms with Crippen LogP contribution in [0.25, 0.3) is 0 Å². The van der Waals surface area contributed by atoms with Crippen molar-refractivity contribution in [2.75, 3.05) is 19.0 Å². The summed E-state index contributed by atoms with van der Waals surface area (Å²) >= 11 is 0. The second-order valence-corrected chi connectivity index (χ2v) is 5.52. The van der Waals surface area contributed by atoms with Crippen LogP contribution in [0.15, 0.2) is 18.2 Å². The quantitative estimate of drug-likeness (QED) is 0.622. The molecule has 6 nitrogen and oxygen atoms in total. The zero-order valence-electron chi connectivity index (χ0n) is 12.2. The maximum Gasteiger partial charge on any atom is 0.269 e. The van der Waals surface area contributed by atoms with Gasteiger partial charge in [-0.3, -0.25) is 10.1 Å². The number of methoxy groups -OCH3 is 1. The number of nitrogens with zero attached hydrogens (tertiary/aromatic N) is 1. The molecule has 0 unspecified atom stereocenters. The van der Waals surface area contributed by atoms with Gasteiger partial charge in [0.05, 0.1) is 17.6 Å². The molecule has 1 aliphatic carbocycles. The Morgan fingerprint density at radius 1 is 1.43 bits per heavy atom. The number of hydrogen-bond donors (Lipinski definition) is 2. The number of ether oxygens (including phenoxy) is 1. The van der Waals surface area contributed by atoms with E-state index in [-0.39, 0.29) is 17.7 Å². The molecule has 1 aromatic carbocycles. The maximum absolute atomic E-state index is 10.8. The molecule has 2 N–H and O–H groups in total. The molecule has 21 heavy (non-hydrogen) atoms. The average Bonchev–Trinajstić information content (AvgIpc) is 2.47. The molecule has 0 heterocycles. The fraction of sp³-hybridized carbons (Fsp3) is 0.600. The van der Waals surface area contributed by atoms with Crippen LogP contribution in [0.1, 0.15) is 31.2 Å². The Labute approximate surface area is 124 Å². The molecule has 0 saturated heterocycles. The van der Waals surface area contributed by atoms with Gasteiger partial charge in [-0.2, -0.15) is 0 Å². The van der Waals surface area contributed by atoms with E-state index >= 15 is 0 Å². The minimum atomic E-state index is -0.409. The average molecular weight is 294 g/mol. The number of aliphatic hydroxyl groups is 1. The van der Waals surface area contributed by atoms with Crippen LogP contribution in [0.3, 0.4) is 0 Å². The number of nitro groups is 1. The van der Waals surface area contributed by atoms with Crippen LogP contribution in [-0.4, -0.2) is 29.8 Å². The van der Waals surface area contributed by atoms with Crippen LogP contribution in [0.2, 0.25) is 0 Å². The van der Waals surface area contributed by atoms with Gasteiger partial charge >= 0.3 is 0 Å². The van der Waals surface area contributed by atoms with Crippen molar-refractivity contribution < 1.29 is 14.8 Å². The lowest BCUT2D eigenvalue weighted by atomic mass is 9.86. The minimum Gasteiger partial charge on any atom is -0.393 e. The van der Waals surface area contributed by atoms with E-state index in [2.05, 4.69) is 5.32 Å². The lowest BCUT2D eigenvalue weighted by molar-refractivity contribution is -0.384. The highest BCUT2D eigenvalue weighted by Gasteiger charge is 2.23. The molecule has 1 aliphatic rings. The Bertz CT molecular complexity index is 493. The second-order valence-electron chi connectivity index (χ2n) is 5.52. The SMILES string of the molecule is COCc1cc([N+](=O)[O-])ccc1NC[C@@H]1CCCC[C@H]1O. The molecule has 2 rings (SSSR count). The van der Waals surface area contributed by atoms with Crippen molar-refractivity contribution >= 4 is 11.4 Å². The summed E-state index contributed by atoms with van der Waals surface area (Å²) in [7, 11) is 1.56. The first-order chi connectivity index (χ1) is 10.1. The molecular weight excluding hydrogens is 272 g/mol. The largest absolute Gasteiger partial charge is 0.393 e. The van der Waals surface area contributed by atoms with Gasteiger partial charge in [0.15, 0.2) is 0 Å². The Hall–Kier alpha value is -1.66. The summed E-state index contributed by atoms with van der Waals surface area (Å²) in [6, 6.07) is 4.73. The van der Waals surface area contributed by atoms with Crippen LogP contribution >= 0.6 is 0 Å². The first kappa shape index (κ1) is 15.7. The van der Waals surface area contributed by atoms with Crippen molar-refractivity contribution in [3.8, 4) is 0 Å². The van der Waals surface area contributed by atoms with Gasteiger partial charge < -0.3 is 15.2 Å². The van der Waals surface area contributed by atoms with Crippen molar-refractivity contribution in [3.05, 3.63) is 33.9 Å². The van der Waals surface area contributed by atoms with E-state index in [4.69, 9.17) is 4.74 Å². The smallest absolute Gasteiger partial charge is 0.269 e. The Morgan fingerprint density at radius 2 is 2.19 bits per heavy atom. The highest BCUT2D eigenvalue weighted by molar-refractivity contribution is 5.55. The van der Waals surface area contributed by atoms with Crippen LogP contribution < -0.4 is 5.32 Å². The second kappa shape index (κ2) is 7.38. The summed E-state index contributed by atoms with van der Waals surface area (Å²) in [6.45, 7) is 0.993. The summed E-state index contributed by atoms with van der Waals surface area (Å²) in [5.41, 5.74) is 1.66. The fourth-order valence-corrected chi connectivity index (χ4v) is 2.81. The normalized spacial score (nSPS) is 22.0. The third-order valence-corrected chi connectivity index (χ3v) is 4.02. The lowest BCUT2D eigenvalue weighted by Gasteiger charge is -2.28. The third kappa shape index (κ3) is 4.15. The number of anilines is 1. The van der Waals surface area contributed by atoms with Crippen LogP contribution in [0, 0.1) is 16.0 Å². The Kier molecular flexibility index (Phi) is 5.52. The van der Waals surface area contributed by atoms with Crippen LogP contribution in [-0.2, 0) is 11.3 Å². The first-order valence-corrected chi connectivity index (χ1v) is 7.30. The highest BCUT2D eigenvalue weighted by atomic mass is 16.6. The standard InChI is InChI=1S/C15H22N2O4/c1-21-10-12-8-13(17(19)20)6-7-14(12)16-9-11-4-2-3-5-15(11)18/h6-8,11,15-16,18H,2-5,9-10H2,1H3/t11-,15+/m0/s1. The van der Waals surface area contributed by atoms with E-state index in [0.29, 0.717) is 13.2 Å². The minimum absolute atomic E-state index is 0.0605. The Morgan fingerprint density at radius 3 is 2.86 bits per heavy atom. The van der Waals surface area contributed by atoms with Crippen molar-refractivity contribution in [3.63, 3.8) is 0 Å². The molecule has 1 saturated carbocycles. The van der Waals surface area contributed by atoms with Crippen molar-refractivity contribution in [2.24, 2.45) is 5.92 Å². The molecular formula is C15H22N2O4. The monoisotopic (exact) mass is 294 g/mol. The van der Waals surface area contributed by atoms with Crippen molar-refractivity contribution in [2.45, 2.75) is 38.4 Å². The van der Waals surface area contributed by atoms with Gasteiger partial charge in [0.1, 0.15) is 0 Å². The van der Waals surface area contributed by atoms with Crippen LogP contribution in [0.5, 0.6) is 0 Å².